The highest BCUT2D eigenvalue weighted by Crippen LogP contribution is 2.37. The fourth-order valence-corrected chi connectivity index (χ4v) is 3.68. The fourth-order valence-electron chi connectivity index (χ4n) is 3.68. The van der Waals surface area contributed by atoms with Gasteiger partial charge < -0.3 is 15.0 Å². The summed E-state index contributed by atoms with van der Waals surface area (Å²) in [5, 5.41) is 5.56. The highest BCUT2D eigenvalue weighted by molar-refractivity contribution is 6.02. The molecular formula is C20H17FN4O2. The zero-order valence-electron chi connectivity index (χ0n) is 14.6. The molecule has 0 bridgehead atoms. The minimum atomic E-state index is -1.03. The van der Waals surface area contributed by atoms with E-state index in [9.17, 15) is 14.0 Å². The number of aryl methyl sites for hydroxylation is 1. The number of anilines is 2. The summed E-state index contributed by atoms with van der Waals surface area (Å²) < 4.78 is 14.9. The van der Waals surface area contributed by atoms with Crippen LogP contribution in [0.15, 0.2) is 36.7 Å². The number of carbonyl (C=O) groups is 2. The predicted octanol–water partition coefficient (Wildman–Crippen LogP) is 3.10. The van der Waals surface area contributed by atoms with Crippen LogP contribution in [0.4, 0.5) is 15.9 Å². The van der Waals surface area contributed by atoms with Crippen molar-refractivity contribution in [3.05, 3.63) is 47.8 Å². The Labute approximate surface area is 154 Å². The van der Waals surface area contributed by atoms with Gasteiger partial charge in [-0.15, -0.1) is 0 Å². The molecule has 2 amide bonds. The Bertz CT molecular complexity index is 1120. The number of halogens is 1. The van der Waals surface area contributed by atoms with Crippen LogP contribution in [-0.2, 0) is 16.0 Å². The van der Waals surface area contributed by atoms with E-state index in [1.54, 1.807) is 6.20 Å². The molecule has 2 unspecified atom stereocenters. The molecule has 1 fully saturated rings. The minimum Gasteiger partial charge on any atom is -0.326 e. The van der Waals surface area contributed by atoms with Crippen LogP contribution in [0.3, 0.4) is 0 Å². The van der Waals surface area contributed by atoms with Gasteiger partial charge in [-0.2, -0.15) is 0 Å². The molecule has 0 spiro atoms. The van der Waals surface area contributed by atoms with Gasteiger partial charge in [0.25, 0.3) is 0 Å². The van der Waals surface area contributed by atoms with E-state index in [1.807, 2.05) is 41.8 Å². The molecule has 27 heavy (non-hydrogen) atoms. The number of pyridine rings is 1. The summed E-state index contributed by atoms with van der Waals surface area (Å²) in [7, 11) is 0. The number of aromatic nitrogens is 2. The summed E-state index contributed by atoms with van der Waals surface area (Å²) in [6.07, 6.45) is 3.26. The highest BCUT2D eigenvalue weighted by Gasteiger charge is 2.43. The largest absolute Gasteiger partial charge is 0.326 e. The van der Waals surface area contributed by atoms with Gasteiger partial charge in [0.05, 0.1) is 18.5 Å². The summed E-state index contributed by atoms with van der Waals surface area (Å²) >= 11 is 0. The lowest BCUT2D eigenvalue weighted by atomic mass is 9.94. The number of amides is 2. The molecule has 2 aromatic heterocycles. The molecular weight excluding hydrogens is 347 g/mol. The maximum atomic E-state index is 13.0. The molecule has 1 saturated carbocycles. The number of hydrogen-bond donors (Lipinski definition) is 2. The fraction of sp³-hybridized carbons (Fsp3) is 0.250. The normalized spacial score (nSPS) is 20.4. The summed E-state index contributed by atoms with van der Waals surface area (Å²) in [4.78, 5) is 28.1. The molecule has 2 N–H and O–H groups in total. The van der Waals surface area contributed by atoms with Crippen LogP contribution in [0.2, 0.25) is 0 Å². The predicted molar refractivity (Wildman–Crippen MR) is 99.3 cm³/mol. The third kappa shape index (κ3) is 2.66. The molecule has 2 aliphatic rings. The van der Waals surface area contributed by atoms with Crippen molar-refractivity contribution in [2.45, 2.75) is 25.9 Å². The Morgan fingerprint density at radius 1 is 1.30 bits per heavy atom. The van der Waals surface area contributed by atoms with Crippen molar-refractivity contribution in [1.82, 2.24) is 9.38 Å². The van der Waals surface area contributed by atoms with E-state index in [0.29, 0.717) is 17.9 Å². The topological polar surface area (TPSA) is 75.5 Å². The third-order valence-electron chi connectivity index (χ3n) is 5.17. The van der Waals surface area contributed by atoms with Crippen molar-refractivity contribution in [2.24, 2.45) is 5.92 Å². The van der Waals surface area contributed by atoms with E-state index >= 15 is 0 Å². The van der Waals surface area contributed by atoms with Crippen LogP contribution in [-0.4, -0.2) is 27.4 Å². The number of hydrogen-bond acceptors (Lipinski definition) is 3. The number of nitrogens with zero attached hydrogens (tertiary/aromatic N) is 2. The van der Waals surface area contributed by atoms with Crippen molar-refractivity contribution in [2.75, 3.05) is 10.6 Å². The van der Waals surface area contributed by atoms with E-state index in [0.717, 1.165) is 27.9 Å². The molecule has 3 aromatic rings. The van der Waals surface area contributed by atoms with Crippen molar-refractivity contribution in [1.29, 1.82) is 0 Å². The van der Waals surface area contributed by atoms with Gasteiger partial charge in [-0.1, -0.05) is 6.07 Å². The van der Waals surface area contributed by atoms with E-state index in [1.165, 1.54) is 0 Å². The number of imidazole rings is 1. The summed E-state index contributed by atoms with van der Waals surface area (Å²) in [5.74, 6) is -0.475. The van der Waals surface area contributed by atoms with Gasteiger partial charge >= 0.3 is 0 Å². The van der Waals surface area contributed by atoms with Crippen LogP contribution < -0.4 is 10.6 Å². The van der Waals surface area contributed by atoms with Gasteiger partial charge in [0.2, 0.25) is 11.8 Å². The Morgan fingerprint density at radius 3 is 2.89 bits per heavy atom. The zero-order valence-corrected chi connectivity index (χ0v) is 14.6. The highest BCUT2D eigenvalue weighted by atomic mass is 19.1. The third-order valence-corrected chi connectivity index (χ3v) is 5.17. The number of nitrogens with one attached hydrogen (secondary N) is 2. The Kier molecular flexibility index (Phi) is 3.34. The van der Waals surface area contributed by atoms with E-state index in [2.05, 4.69) is 15.6 Å². The van der Waals surface area contributed by atoms with Gasteiger partial charge in [-0.25, -0.2) is 9.37 Å². The van der Waals surface area contributed by atoms with Crippen LogP contribution >= 0.6 is 0 Å². The quantitative estimate of drug-likeness (QED) is 0.750. The maximum Gasteiger partial charge on any atom is 0.231 e. The lowest BCUT2D eigenvalue weighted by Crippen LogP contribution is -2.15. The second-order valence-electron chi connectivity index (χ2n) is 7.17. The number of alkyl halides is 1. The molecule has 1 aliphatic heterocycles. The number of fused-ring (bicyclic) bond motifs is 2. The van der Waals surface area contributed by atoms with Gasteiger partial charge in [-0.3, -0.25) is 9.59 Å². The smallest absolute Gasteiger partial charge is 0.231 e. The van der Waals surface area contributed by atoms with Crippen LogP contribution in [0.25, 0.3) is 16.8 Å². The van der Waals surface area contributed by atoms with Gasteiger partial charge in [0, 0.05) is 11.9 Å². The molecule has 5 rings (SSSR count). The maximum absolute atomic E-state index is 13.0. The van der Waals surface area contributed by atoms with Crippen molar-refractivity contribution >= 4 is 29.0 Å². The first-order valence-corrected chi connectivity index (χ1v) is 8.86. The van der Waals surface area contributed by atoms with Crippen molar-refractivity contribution in [3.8, 4) is 11.1 Å². The molecule has 0 saturated heterocycles. The van der Waals surface area contributed by atoms with Crippen molar-refractivity contribution in [3.63, 3.8) is 0 Å². The van der Waals surface area contributed by atoms with Crippen LogP contribution in [0, 0.1) is 12.8 Å². The zero-order chi connectivity index (χ0) is 18.7. The Balaban J connectivity index is 1.52. The van der Waals surface area contributed by atoms with Gasteiger partial charge in [0.15, 0.2) is 5.82 Å². The summed E-state index contributed by atoms with van der Waals surface area (Å²) in [5.41, 5.74) is 5.61. The average molecular weight is 364 g/mol. The standard InChI is InChI=1S/C20H17FN4O2/c1-10-2-4-15-13(7-18(26)22-15)19(10)11-3-5-17-23-16(9-25(17)8-11)24-20(27)12-6-14(12)21/h2-5,8-9,12,14H,6-7H2,1H3,(H,22,26)(H,24,27). The van der Waals surface area contributed by atoms with Crippen LogP contribution in [0.1, 0.15) is 17.5 Å². The van der Waals surface area contributed by atoms with Gasteiger partial charge in [-0.05, 0) is 53.8 Å². The summed E-state index contributed by atoms with van der Waals surface area (Å²) in [6.45, 7) is 2.02. The SMILES string of the molecule is Cc1ccc2c(c1-c1ccc3nc(NC(=O)C4CC4F)cn3c1)CC(=O)N2. The second-order valence-corrected chi connectivity index (χ2v) is 7.17. The second kappa shape index (κ2) is 5.64. The van der Waals surface area contributed by atoms with E-state index in [-0.39, 0.29) is 18.2 Å². The Hall–Kier alpha value is -3.22. The number of benzene rings is 1. The first-order valence-electron chi connectivity index (χ1n) is 8.86. The molecule has 1 aromatic carbocycles. The molecule has 1 aliphatic carbocycles. The monoisotopic (exact) mass is 364 g/mol. The number of rotatable bonds is 3. The lowest BCUT2D eigenvalue weighted by molar-refractivity contribution is -0.117. The molecule has 6 nitrogen and oxygen atoms in total. The molecule has 7 heteroatoms. The lowest BCUT2D eigenvalue weighted by Gasteiger charge is -2.11. The first kappa shape index (κ1) is 16.0. The molecule has 3 heterocycles. The van der Waals surface area contributed by atoms with Crippen LogP contribution in [0.5, 0.6) is 0 Å². The molecule has 2 atom stereocenters. The molecule has 136 valence electrons. The number of carbonyl (C=O) groups excluding carboxylic acids is 2. The molecule has 0 radical (unpaired) electrons. The minimum absolute atomic E-state index is 0.00296. The van der Waals surface area contributed by atoms with E-state index in [4.69, 9.17) is 0 Å². The average Bonchev–Trinajstić information content (AvgIpc) is 3.05. The first-order chi connectivity index (χ1) is 13.0. The summed E-state index contributed by atoms with van der Waals surface area (Å²) in [6, 6.07) is 7.74. The van der Waals surface area contributed by atoms with Crippen molar-refractivity contribution < 1.29 is 14.0 Å². The van der Waals surface area contributed by atoms with Gasteiger partial charge in [0.1, 0.15) is 11.8 Å². The van der Waals surface area contributed by atoms with E-state index < -0.39 is 12.1 Å². The Morgan fingerprint density at radius 2 is 2.11 bits per heavy atom.